The lowest BCUT2D eigenvalue weighted by atomic mass is 10.2. The summed E-state index contributed by atoms with van der Waals surface area (Å²) in [5.41, 5.74) is 0.179. The third kappa shape index (κ3) is 4.06. The fraction of sp³-hybridized carbons (Fsp3) is 0.167. The van der Waals surface area contributed by atoms with Gasteiger partial charge in [0.15, 0.2) is 23.8 Å². The number of nitro groups is 1. The van der Waals surface area contributed by atoms with Crippen LogP contribution in [-0.2, 0) is 4.79 Å². The van der Waals surface area contributed by atoms with Gasteiger partial charge in [-0.15, -0.1) is 10.2 Å². The maximum Gasteiger partial charge on any atom is 0.302 e. The number of carbonyl (C=O) groups is 1. The Morgan fingerprint density at radius 3 is 2.61 bits per heavy atom. The van der Waals surface area contributed by atoms with E-state index in [1.807, 2.05) is 6.92 Å². The van der Waals surface area contributed by atoms with Crippen molar-refractivity contribution >= 4 is 28.2 Å². The van der Waals surface area contributed by atoms with E-state index >= 15 is 0 Å². The number of aromatic nitrogens is 1. The quantitative estimate of drug-likeness (QED) is 0.360. The number of non-ortho nitro benzene ring substituents is 1. The summed E-state index contributed by atoms with van der Waals surface area (Å²) in [6.07, 6.45) is 0. The number of carbonyl (C=O) groups excluding carboxylic acids is 1. The number of azo groups is 1. The van der Waals surface area contributed by atoms with E-state index < -0.39 is 17.4 Å². The maximum absolute atomic E-state index is 12.0. The van der Waals surface area contributed by atoms with Gasteiger partial charge in [-0.2, -0.15) is 0 Å². The van der Waals surface area contributed by atoms with Crippen molar-refractivity contribution in [2.45, 2.75) is 6.92 Å². The topological polar surface area (TPSA) is 139 Å². The number of benzene rings is 2. The number of ether oxygens (including phenoxy) is 2. The third-order valence-electron chi connectivity index (χ3n) is 3.71. The SMILES string of the molecule is CCOc1ccccc1OCC(=O)N=Nc1c(O)[nH]c2ccc([N+](=O)[O-])cc12. The van der Waals surface area contributed by atoms with Gasteiger partial charge in [0.2, 0.25) is 5.88 Å². The van der Waals surface area contributed by atoms with E-state index in [1.54, 1.807) is 24.3 Å². The Morgan fingerprint density at radius 2 is 1.93 bits per heavy atom. The van der Waals surface area contributed by atoms with Gasteiger partial charge in [-0.3, -0.25) is 14.9 Å². The summed E-state index contributed by atoms with van der Waals surface area (Å²) in [6.45, 7) is 1.88. The fourth-order valence-corrected chi connectivity index (χ4v) is 2.48. The fourth-order valence-electron chi connectivity index (χ4n) is 2.48. The molecule has 0 saturated carbocycles. The third-order valence-corrected chi connectivity index (χ3v) is 3.71. The minimum Gasteiger partial charge on any atom is -0.493 e. The predicted molar refractivity (Wildman–Crippen MR) is 99.2 cm³/mol. The molecule has 0 radical (unpaired) electrons. The molecule has 144 valence electrons. The minimum absolute atomic E-state index is 0.0678. The number of fused-ring (bicyclic) bond motifs is 1. The number of nitrogens with one attached hydrogen (secondary N) is 1. The summed E-state index contributed by atoms with van der Waals surface area (Å²) in [7, 11) is 0. The lowest BCUT2D eigenvalue weighted by molar-refractivity contribution is -0.384. The Bertz CT molecular complexity index is 1060. The normalized spacial score (nSPS) is 11.0. The highest BCUT2D eigenvalue weighted by atomic mass is 16.6. The van der Waals surface area contributed by atoms with Crippen LogP contribution in [0.15, 0.2) is 52.7 Å². The van der Waals surface area contributed by atoms with Crippen LogP contribution in [0.25, 0.3) is 10.9 Å². The molecule has 10 heteroatoms. The molecule has 0 aliphatic heterocycles. The molecule has 0 unspecified atom stereocenters. The smallest absolute Gasteiger partial charge is 0.302 e. The zero-order chi connectivity index (χ0) is 20.1. The molecule has 0 atom stereocenters. The average molecular weight is 384 g/mol. The number of nitro benzene ring substituents is 1. The van der Waals surface area contributed by atoms with Gasteiger partial charge in [-0.1, -0.05) is 12.1 Å². The van der Waals surface area contributed by atoms with Crippen LogP contribution in [0.1, 0.15) is 6.92 Å². The van der Waals surface area contributed by atoms with Crippen LogP contribution in [0.5, 0.6) is 17.4 Å². The highest BCUT2D eigenvalue weighted by molar-refractivity contribution is 5.95. The van der Waals surface area contributed by atoms with Crippen molar-refractivity contribution < 1.29 is 24.3 Å². The standard InChI is InChI=1S/C18H16N4O6/c1-2-27-14-5-3-4-6-15(14)28-10-16(23)20-21-17-12-9-11(22(25)26)7-8-13(12)19-18(17)24/h3-9,19,24H,2,10H2,1H3. The van der Waals surface area contributed by atoms with Crippen LogP contribution in [0.4, 0.5) is 11.4 Å². The van der Waals surface area contributed by atoms with E-state index in [0.29, 0.717) is 23.6 Å². The Morgan fingerprint density at radius 1 is 1.21 bits per heavy atom. The van der Waals surface area contributed by atoms with Crippen LogP contribution in [-0.4, -0.2) is 34.1 Å². The van der Waals surface area contributed by atoms with Gasteiger partial charge in [0, 0.05) is 17.5 Å². The van der Waals surface area contributed by atoms with Crippen molar-refractivity contribution in [3.8, 4) is 17.4 Å². The Balaban J connectivity index is 1.75. The van der Waals surface area contributed by atoms with E-state index in [-0.39, 0.29) is 22.6 Å². The Hall–Kier alpha value is -3.95. The van der Waals surface area contributed by atoms with Crippen LogP contribution in [0.3, 0.4) is 0 Å². The summed E-state index contributed by atoms with van der Waals surface area (Å²) < 4.78 is 10.8. The zero-order valence-corrected chi connectivity index (χ0v) is 14.8. The number of aromatic amines is 1. The van der Waals surface area contributed by atoms with Crippen LogP contribution < -0.4 is 9.47 Å². The second-order valence-electron chi connectivity index (χ2n) is 5.57. The molecular formula is C18H16N4O6. The molecule has 1 amide bonds. The monoisotopic (exact) mass is 384 g/mol. The molecule has 2 aromatic carbocycles. The zero-order valence-electron chi connectivity index (χ0n) is 14.8. The summed E-state index contributed by atoms with van der Waals surface area (Å²) in [6, 6.07) is 10.8. The Kier molecular flexibility index (Phi) is 5.49. The van der Waals surface area contributed by atoms with Crippen molar-refractivity contribution in [3.63, 3.8) is 0 Å². The van der Waals surface area contributed by atoms with Crippen molar-refractivity contribution in [1.29, 1.82) is 0 Å². The molecule has 0 bridgehead atoms. The molecule has 0 aliphatic carbocycles. The van der Waals surface area contributed by atoms with E-state index in [1.165, 1.54) is 18.2 Å². The average Bonchev–Trinajstić information content (AvgIpc) is 3.00. The van der Waals surface area contributed by atoms with Gasteiger partial charge in [-0.25, -0.2) is 0 Å². The largest absolute Gasteiger partial charge is 0.493 e. The first-order valence-corrected chi connectivity index (χ1v) is 8.28. The number of hydrogen-bond donors (Lipinski definition) is 2. The molecule has 10 nitrogen and oxygen atoms in total. The number of H-pyrrole nitrogens is 1. The first-order valence-electron chi connectivity index (χ1n) is 8.28. The molecule has 0 fully saturated rings. The number of amides is 1. The van der Waals surface area contributed by atoms with Crippen molar-refractivity contribution in [3.05, 3.63) is 52.6 Å². The van der Waals surface area contributed by atoms with Gasteiger partial charge in [-0.05, 0) is 25.1 Å². The molecule has 2 N–H and O–H groups in total. The second kappa shape index (κ2) is 8.16. The molecule has 1 aromatic heterocycles. The summed E-state index contributed by atoms with van der Waals surface area (Å²) in [4.78, 5) is 24.9. The van der Waals surface area contributed by atoms with Crippen LogP contribution >= 0.6 is 0 Å². The van der Waals surface area contributed by atoms with E-state index in [4.69, 9.17) is 9.47 Å². The number of aromatic hydroxyl groups is 1. The number of hydrogen-bond acceptors (Lipinski definition) is 7. The van der Waals surface area contributed by atoms with Gasteiger partial charge in [0.1, 0.15) is 0 Å². The van der Waals surface area contributed by atoms with E-state index in [9.17, 15) is 20.0 Å². The molecule has 0 saturated heterocycles. The van der Waals surface area contributed by atoms with Crippen LogP contribution in [0.2, 0.25) is 0 Å². The van der Waals surface area contributed by atoms with Crippen molar-refractivity contribution in [1.82, 2.24) is 4.98 Å². The second-order valence-corrected chi connectivity index (χ2v) is 5.57. The summed E-state index contributed by atoms with van der Waals surface area (Å²) >= 11 is 0. The maximum atomic E-state index is 12.0. The van der Waals surface area contributed by atoms with Crippen molar-refractivity contribution in [2.75, 3.05) is 13.2 Å². The lowest BCUT2D eigenvalue weighted by Crippen LogP contribution is -2.08. The van der Waals surface area contributed by atoms with Crippen molar-refractivity contribution in [2.24, 2.45) is 10.2 Å². The molecule has 3 aromatic rings. The highest BCUT2D eigenvalue weighted by Gasteiger charge is 2.15. The predicted octanol–water partition coefficient (Wildman–Crippen LogP) is 3.87. The van der Waals surface area contributed by atoms with Crippen LogP contribution in [0, 0.1) is 10.1 Å². The van der Waals surface area contributed by atoms with E-state index in [0.717, 1.165) is 0 Å². The highest BCUT2D eigenvalue weighted by Crippen LogP contribution is 2.37. The molecular weight excluding hydrogens is 368 g/mol. The van der Waals surface area contributed by atoms with Gasteiger partial charge in [0.05, 0.1) is 17.0 Å². The molecule has 28 heavy (non-hydrogen) atoms. The summed E-state index contributed by atoms with van der Waals surface area (Å²) in [5.74, 6) is -0.171. The minimum atomic E-state index is -0.703. The molecule has 0 aliphatic rings. The number of rotatable bonds is 7. The van der Waals surface area contributed by atoms with Gasteiger partial charge >= 0.3 is 5.91 Å². The van der Waals surface area contributed by atoms with E-state index in [2.05, 4.69) is 15.2 Å². The van der Waals surface area contributed by atoms with Gasteiger partial charge < -0.3 is 19.6 Å². The lowest BCUT2D eigenvalue weighted by Gasteiger charge is -2.09. The summed E-state index contributed by atoms with van der Waals surface area (Å²) in [5, 5.41) is 28.4. The molecule has 1 heterocycles. The molecule has 3 rings (SSSR count). The van der Waals surface area contributed by atoms with Gasteiger partial charge in [0.25, 0.3) is 5.69 Å². The first-order chi connectivity index (χ1) is 13.5. The first kappa shape index (κ1) is 18.8. The Labute approximate surface area is 158 Å². The number of para-hydroxylation sites is 2. The molecule has 0 spiro atoms. The number of nitrogens with zero attached hydrogens (tertiary/aromatic N) is 3.